The molecule has 1 rings (SSSR count). The van der Waals surface area contributed by atoms with Crippen molar-refractivity contribution in [2.75, 3.05) is 14.2 Å². The van der Waals surface area contributed by atoms with Gasteiger partial charge in [0.2, 0.25) is 0 Å². The maximum atomic E-state index is 11.2. The molecular formula is C14H18N2O3. The normalized spacial score (nSPS) is 11.2. The lowest BCUT2D eigenvalue weighted by Gasteiger charge is -2.31. The van der Waals surface area contributed by atoms with Gasteiger partial charge >= 0.3 is 5.97 Å². The van der Waals surface area contributed by atoms with Crippen LogP contribution in [-0.4, -0.2) is 35.7 Å². The SMILES string of the molecule is COc1ccc(CN(C)C(C)(C)C(=O)O)cc1C#N. The molecule has 5 nitrogen and oxygen atoms in total. The van der Waals surface area contributed by atoms with Crippen LogP contribution in [0.1, 0.15) is 25.0 Å². The summed E-state index contributed by atoms with van der Waals surface area (Å²) in [4.78, 5) is 12.9. The maximum Gasteiger partial charge on any atom is 0.323 e. The number of benzene rings is 1. The molecule has 0 aromatic heterocycles. The minimum absolute atomic E-state index is 0.442. The number of ether oxygens (including phenoxy) is 1. The first-order valence-corrected chi connectivity index (χ1v) is 5.84. The van der Waals surface area contributed by atoms with Crippen molar-refractivity contribution in [3.63, 3.8) is 0 Å². The largest absolute Gasteiger partial charge is 0.495 e. The monoisotopic (exact) mass is 262 g/mol. The van der Waals surface area contributed by atoms with Gasteiger partial charge in [0, 0.05) is 6.54 Å². The summed E-state index contributed by atoms with van der Waals surface area (Å²) in [6, 6.07) is 7.32. The number of nitrogens with zero attached hydrogens (tertiary/aromatic N) is 2. The van der Waals surface area contributed by atoms with E-state index in [4.69, 9.17) is 15.1 Å². The van der Waals surface area contributed by atoms with E-state index in [-0.39, 0.29) is 0 Å². The van der Waals surface area contributed by atoms with Gasteiger partial charge in [-0.1, -0.05) is 6.07 Å². The van der Waals surface area contributed by atoms with E-state index in [0.29, 0.717) is 17.9 Å². The topological polar surface area (TPSA) is 73.6 Å². The Labute approximate surface area is 113 Å². The van der Waals surface area contributed by atoms with Crippen molar-refractivity contribution in [2.45, 2.75) is 25.9 Å². The summed E-state index contributed by atoms with van der Waals surface area (Å²) in [5, 5.41) is 18.2. The molecule has 0 amide bonds. The van der Waals surface area contributed by atoms with Crippen LogP contribution in [-0.2, 0) is 11.3 Å². The van der Waals surface area contributed by atoms with E-state index in [1.165, 1.54) is 7.11 Å². The van der Waals surface area contributed by atoms with E-state index in [0.717, 1.165) is 5.56 Å². The molecular weight excluding hydrogens is 244 g/mol. The van der Waals surface area contributed by atoms with E-state index in [2.05, 4.69) is 6.07 Å². The summed E-state index contributed by atoms with van der Waals surface area (Å²) in [6.07, 6.45) is 0. The van der Waals surface area contributed by atoms with Crippen LogP contribution in [0.3, 0.4) is 0 Å². The fraction of sp³-hybridized carbons (Fsp3) is 0.429. The predicted molar refractivity (Wildman–Crippen MR) is 70.9 cm³/mol. The van der Waals surface area contributed by atoms with Gasteiger partial charge in [0.25, 0.3) is 0 Å². The number of hydrogen-bond acceptors (Lipinski definition) is 4. The number of nitriles is 1. The molecule has 102 valence electrons. The van der Waals surface area contributed by atoms with Crippen molar-refractivity contribution >= 4 is 5.97 Å². The van der Waals surface area contributed by atoms with Crippen LogP contribution in [0.25, 0.3) is 0 Å². The van der Waals surface area contributed by atoms with Crippen LogP contribution in [0, 0.1) is 11.3 Å². The van der Waals surface area contributed by atoms with Crippen molar-refractivity contribution in [2.24, 2.45) is 0 Å². The third kappa shape index (κ3) is 3.24. The zero-order chi connectivity index (χ0) is 14.6. The van der Waals surface area contributed by atoms with Crippen LogP contribution in [0.15, 0.2) is 18.2 Å². The Morgan fingerprint density at radius 3 is 2.63 bits per heavy atom. The van der Waals surface area contributed by atoms with Crippen molar-refractivity contribution in [1.29, 1.82) is 5.26 Å². The van der Waals surface area contributed by atoms with E-state index < -0.39 is 11.5 Å². The van der Waals surface area contributed by atoms with Crippen LogP contribution in [0.5, 0.6) is 5.75 Å². The van der Waals surface area contributed by atoms with Gasteiger partial charge in [0.1, 0.15) is 17.4 Å². The highest BCUT2D eigenvalue weighted by molar-refractivity contribution is 5.77. The lowest BCUT2D eigenvalue weighted by Crippen LogP contribution is -2.47. The minimum Gasteiger partial charge on any atom is -0.495 e. The van der Waals surface area contributed by atoms with Gasteiger partial charge in [0.05, 0.1) is 12.7 Å². The number of methoxy groups -OCH3 is 1. The number of carboxylic acids is 1. The van der Waals surface area contributed by atoms with Gasteiger partial charge in [0.15, 0.2) is 0 Å². The van der Waals surface area contributed by atoms with Gasteiger partial charge in [-0.2, -0.15) is 5.26 Å². The lowest BCUT2D eigenvalue weighted by molar-refractivity contribution is -0.148. The number of carboxylic acid groups (broad SMARTS) is 1. The van der Waals surface area contributed by atoms with Crippen molar-refractivity contribution in [1.82, 2.24) is 4.90 Å². The van der Waals surface area contributed by atoms with Gasteiger partial charge < -0.3 is 9.84 Å². The summed E-state index contributed by atoms with van der Waals surface area (Å²) in [5.41, 5.74) is 0.350. The molecule has 0 aliphatic carbocycles. The maximum absolute atomic E-state index is 11.2. The average molecular weight is 262 g/mol. The Morgan fingerprint density at radius 1 is 1.53 bits per heavy atom. The Bertz CT molecular complexity index is 518. The third-order valence-electron chi connectivity index (χ3n) is 3.28. The Morgan fingerprint density at radius 2 is 2.16 bits per heavy atom. The van der Waals surface area contributed by atoms with E-state index in [9.17, 15) is 4.79 Å². The molecule has 5 heteroatoms. The fourth-order valence-corrected chi connectivity index (χ4v) is 1.58. The molecule has 0 radical (unpaired) electrons. The second-order valence-electron chi connectivity index (χ2n) is 4.87. The molecule has 1 aromatic carbocycles. The van der Waals surface area contributed by atoms with Crippen molar-refractivity contribution < 1.29 is 14.6 Å². The summed E-state index contributed by atoms with van der Waals surface area (Å²) >= 11 is 0. The lowest BCUT2D eigenvalue weighted by atomic mass is 10.0. The summed E-state index contributed by atoms with van der Waals surface area (Å²) < 4.78 is 5.07. The third-order valence-corrected chi connectivity index (χ3v) is 3.28. The van der Waals surface area contributed by atoms with Crippen LogP contribution in [0.2, 0.25) is 0 Å². The van der Waals surface area contributed by atoms with E-state index >= 15 is 0 Å². The second kappa shape index (κ2) is 5.72. The second-order valence-corrected chi connectivity index (χ2v) is 4.87. The summed E-state index contributed by atoms with van der Waals surface area (Å²) in [6.45, 7) is 3.73. The number of likely N-dealkylation sites (N-methyl/N-ethyl adjacent to an activating group) is 1. The number of carbonyl (C=O) groups is 1. The molecule has 0 saturated carbocycles. The zero-order valence-electron chi connectivity index (χ0n) is 11.6. The summed E-state index contributed by atoms with van der Waals surface area (Å²) in [5.74, 6) is -0.365. The molecule has 1 N–H and O–H groups in total. The molecule has 0 heterocycles. The predicted octanol–water partition coefficient (Wildman–Crippen LogP) is 1.86. The highest BCUT2D eigenvalue weighted by Gasteiger charge is 2.31. The average Bonchev–Trinajstić information content (AvgIpc) is 2.38. The molecule has 0 aliphatic heterocycles. The molecule has 0 saturated heterocycles. The first-order chi connectivity index (χ1) is 8.82. The van der Waals surface area contributed by atoms with Gasteiger partial charge in [-0.15, -0.1) is 0 Å². The zero-order valence-corrected chi connectivity index (χ0v) is 11.6. The number of hydrogen-bond donors (Lipinski definition) is 1. The minimum atomic E-state index is -0.966. The molecule has 0 bridgehead atoms. The van der Waals surface area contributed by atoms with Crippen molar-refractivity contribution in [3.05, 3.63) is 29.3 Å². The number of rotatable bonds is 5. The van der Waals surface area contributed by atoms with Gasteiger partial charge in [-0.05, 0) is 38.6 Å². The van der Waals surface area contributed by atoms with E-state index in [1.807, 2.05) is 6.07 Å². The Hall–Kier alpha value is -2.06. The van der Waals surface area contributed by atoms with Gasteiger partial charge in [-0.3, -0.25) is 9.69 Å². The smallest absolute Gasteiger partial charge is 0.323 e. The molecule has 1 aromatic rings. The first-order valence-electron chi connectivity index (χ1n) is 5.84. The molecule has 0 spiro atoms. The van der Waals surface area contributed by atoms with Crippen LogP contribution < -0.4 is 4.74 Å². The van der Waals surface area contributed by atoms with E-state index in [1.54, 1.807) is 37.9 Å². The van der Waals surface area contributed by atoms with Crippen molar-refractivity contribution in [3.8, 4) is 11.8 Å². The molecule has 0 fully saturated rings. The Balaban J connectivity index is 2.95. The van der Waals surface area contributed by atoms with Gasteiger partial charge in [-0.25, -0.2) is 0 Å². The van der Waals surface area contributed by atoms with Crippen LogP contribution >= 0.6 is 0 Å². The molecule has 0 aliphatic rings. The first kappa shape index (κ1) is 15.0. The fourth-order valence-electron chi connectivity index (χ4n) is 1.58. The Kier molecular flexibility index (Phi) is 4.52. The highest BCUT2D eigenvalue weighted by atomic mass is 16.5. The molecule has 0 atom stereocenters. The standard InChI is InChI=1S/C14H18N2O3/c1-14(2,13(17)18)16(3)9-10-5-6-12(19-4)11(7-10)8-15/h5-7H,9H2,1-4H3,(H,17,18). The van der Waals surface area contributed by atoms with Crippen LogP contribution in [0.4, 0.5) is 0 Å². The molecule has 19 heavy (non-hydrogen) atoms. The summed E-state index contributed by atoms with van der Waals surface area (Å²) in [7, 11) is 3.25. The number of aliphatic carboxylic acids is 1. The molecule has 0 unspecified atom stereocenters. The quantitative estimate of drug-likeness (QED) is 0.876. The highest BCUT2D eigenvalue weighted by Crippen LogP contribution is 2.21.